The summed E-state index contributed by atoms with van der Waals surface area (Å²) in [5.41, 5.74) is 5.96. The minimum Gasteiger partial charge on any atom is -0.478 e. The second-order valence-electron chi connectivity index (χ2n) is 3.50. The molecule has 2 aromatic rings. The predicted octanol–water partition coefficient (Wildman–Crippen LogP) is 1.48. The van der Waals surface area contributed by atoms with Crippen LogP contribution in [0.15, 0.2) is 33.5 Å². The average molecular weight is 310 g/mol. The molecule has 0 saturated heterocycles. The lowest BCUT2D eigenvalue weighted by Gasteiger charge is -2.05. The smallest absolute Gasteiger partial charge is 0.335 e. The molecule has 0 aliphatic carbocycles. The van der Waals surface area contributed by atoms with Crippen LogP contribution in [0.4, 0.5) is 5.95 Å². The van der Waals surface area contributed by atoms with Crippen LogP contribution >= 0.6 is 15.9 Å². The molecule has 92 valence electrons. The molecule has 0 unspecified atom stereocenters. The van der Waals surface area contributed by atoms with E-state index in [2.05, 4.69) is 25.9 Å². The van der Waals surface area contributed by atoms with Crippen molar-refractivity contribution in [1.29, 1.82) is 0 Å². The van der Waals surface area contributed by atoms with Gasteiger partial charge in [0, 0.05) is 5.56 Å². The summed E-state index contributed by atoms with van der Waals surface area (Å²) >= 11 is 3.10. The van der Waals surface area contributed by atoms with Gasteiger partial charge in [0.05, 0.1) is 11.3 Å². The van der Waals surface area contributed by atoms with E-state index in [1.165, 1.54) is 12.1 Å². The third kappa shape index (κ3) is 2.25. The molecule has 6 nitrogen and oxygen atoms in total. The summed E-state index contributed by atoms with van der Waals surface area (Å²) in [6.45, 7) is 0. The van der Waals surface area contributed by atoms with Crippen molar-refractivity contribution in [2.75, 3.05) is 5.73 Å². The Balaban J connectivity index is 2.65. The second-order valence-corrected chi connectivity index (χ2v) is 4.29. The van der Waals surface area contributed by atoms with Crippen molar-refractivity contribution >= 4 is 27.8 Å². The predicted molar refractivity (Wildman–Crippen MR) is 69.4 cm³/mol. The molecule has 0 amide bonds. The molecule has 1 heterocycles. The van der Waals surface area contributed by atoms with Crippen molar-refractivity contribution in [2.45, 2.75) is 0 Å². The van der Waals surface area contributed by atoms with E-state index in [-0.39, 0.29) is 16.0 Å². The fraction of sp³-hybridized carbons (Fsp3) is 0. The topological polar surface area (TPSA) is 109 Å². The van der Waals surface area contributed by atoms with Crippen LogP contribution in [0.5, 0.6) is 0 Å². The molecule has 0 aliphatic rings. The third-order valence-corrected chi connectivity index (χ3v) is 3.00. The Hall–Kier alpha value is -2.15. The van der Waals surface area contributed by atoms with Gasteiger partial charge in [-0.25, -0.2) is 9.78 Å². The number of hydrogen-bond acceptors (Lipinski definition) is 4. The van der Waals surface area contributed by atoms with E-state index in [0.29, 0.717) is 11.3 Å². The molecule has 18 heavy (non-hydrogen) atoms. The maximum absolute atomic E-state index is 11.5. The van der Waals surface area contributed by atoms with Gasteiger partial charge < -0.3 is 10.8 Å². The normalized spacial score (nSPS) is 10.3. The summed E-state index contributed by atoms with van der Waals surface area (Å²) in [5.74, 6) is -1.08. The lowest BCUT2D eigenvalue weighted by Crippen LogP contribution is -2.13. The van der Waals surface area contributed by atoms with Gasteiger partial charge in [0.15, 0.2) is 0 Å². The summed E-state index contributed by atoms with van der Waals surface area (Å²) < 4.78 is 0.208. The zero-order valence-corrected chi connectivity index (χ0v) is 10.6. The molecule has 2 rings (SSSR count). The SMILES string of the molecule is Nc1nc(-c2cccc(C(=O)O)c2)c(Br)c(=O)[nH]1. The van der Waals surface area contributed by atoms with E-state index < -0.39 is 11.5 Å². The first kappa shape index (κ1) is 12.3. The van der Waals surface area contributed by atoms with Crippen LogP contribution in [-0.4, -0.2) is 21.0 Å². The van der Waals surface area contributed by atoms with Crippen molar-refractivity contribution in [1.82, 2.24) is 9.97 Å². The number of hydrogen-bond donors (Lipinski definition) is 3. The maximum atomic E-state index is 11.5. The largest absolute Gasteiger partial charge is 0.478 e. The first-order chi connectivity index (χ1) is 8.49. The van der Waals surface area contributed by atoms with Gasteiger partial charge in [-0.15, -0.1) is 0 Å². The summed E-state index contributed by atoms with van der Waals surface area (Å²) in [5, 5.41) is 8.91. The number of carboxylic acid groups (broad SMARTS) is 1. The minimum atomic E-state index is -1.05. The Kier molecular flexibility index (Phi) is 3.15. The highest BCUT2D eigenvalue weighted by atomic mass is 79.9. The first-order valence-electron chi connectivity index (χ1n) is 4.88. The van der Waals surface area contributed by atoms with Crippen LogP contribution in [0.25, 0.3) is 11.3 Å². The molecule has 0 saturated carbocycles. The van der Waals surface area contributed by atoms with Gasteiger partial charge in [-0.05, 0) is 28.1 Å². The molecule has 1 aromatic carbocycles. The van der Waals surface area contributed by atoms with Crippen LogP contribution in [-0.2, 0) is 0 Å². The maximum Gasteiger partial charge on any atom is 0.335 e. The number of rotatable bonds is 2. The van der Waals surface area contributed by atoms with Crippen molar-refractivity contribution < 1.29 is 9.90 Å². The molecule has 0 fully saturated rings. The number of H-pyrrole nitrogens is 1. The molecule has 0 bridgehead atoms. The number of nitrogens with one attached hydrogen (secondary N) is 1. The van der Waals surface area contributed by atoms with Crippen molar-refractivity contribution in [3.05, 3.63) is 44.7 Å². The molecular weight excluding hydrogens is 302 g/mol. The summed E-state index contributed by atoms with van der Waals surface area (Å²) in [4.78, 5) is 28.7. The van der Waals surface area contributed by atoms with Crippen molar-refractivity contribution in [2.24, 2.45) is 0 Å². The molecule has 0 spiro atoms. The molecule has 1 aromatic heterocycles. The average Bonchev–Trinajstić information content (AvgIpc) is 2.34. The lowest BCUT2D eigenvalue weighted by atomic mass is 10.1. The highest BCUT2D eigenvalue weighted by Crippen LogP contribution is 2.24. The van der Waals surface area contributed by atoms with Gasteiger partial charge in [-0.3, -0.25) is 9.78 Å². The monoisotopic (exact) mass is 309 g/mol. The number of anilines is 1. The number of aromatic amines is 1. The zero-order chi connectivity index (χ0) is 13.3. The molecule has 0 aliphatic heterocycles. The summed E-state index contributed by atoms with van der Waals surface area (Å²) in [6, 6.07) is 6.10. The van der Waals surface area contributed by atoms with Crippen LogP contribution in [0.3, 0.4) is 0 Å². The van der Waals surface area contributed by atoms with E-state index in [9.17, 15) is 9.59 Å². The number of aromatic nitrogens is 2. The van der Waals surface area contributed by atoms with Gasteiger partial charge in [0.25, 0.3) is 5.56 Å². The van der Waals surface area contributed by atoms with Gasteiger partial charge in [-0.2, -0.15) is 0 Å². The quantitative estimate of drug-likeness (QED) is 0.778. The number of carbonyl (C=O) groups is 1. The highest BCUT2D eigenvalue weighted by Gasteiger charge is 2.12. The summed E-state index contributed by atoms with van der Waals surface area (Å²) in [7, 11) is 0. The Morgan fingerprint density at radius 3 is 2.83 bits per heavy atom. The fourth-order valence-corrected chi connectivity index (χ4v) is 1.88. The number of nitrogens with two attached hydrogens (primary N) is 1. The van der Waals surface area contributed by atoms with Crippen LogP contribution in [0.1, 0.15) is 10.4 Å². The van der Waals surface area contributed by atoms with Crippen molar-refractivity contribution in [3.63, 3.8) is 0 Å². The van der Waals surface area contributed by atoms with Gasteiger partial charge in [0.1, 0.15) is 4.47 Å². The number of benzene rings is 1. The van der Waals surface area contributed by atoms with Crippen LogP contribution in [0.2, 0.25) is 0 Å². The Morgan fingerprint density at radius 2 is 2.17 bits per heavy atom. The number of aromatic carboxylic acids is 1. The lowest BCUT2D eigenvalue weighted by molar-refractivity contribution is 0.0697. The number of halogens is 1. The number of nitrogens with zero attached hydrogens (tertiary/aromatic N) is 1. The van der Waals surface area contributed by atoms with E-state index in [4.69, 9.17) is 10.8 Å². The van der Waals surface area contributed by atoms with E-state index in [1.54, 1.807) is 12.1 Å². The fourth-order valence-electron chi connectivity index (χ4n) is 1.47. The zero-order valence-electron chi connectivity index (χ0n) is 8.98. The van der Waals surface area contributed by atoms with E-state index >= 15 is 0 Å². The molecule has 7 heteroatoms. The molecule has 0 radical (unpaired) electrons. The molecule has 4 N–H and O–H groups in total. The molecular formula is C11H8BrN3O3. The highest BCUT2D eigenvalue weighted by molar-refractivity contribution is 9.10. The van der Waals surface area contributed by atoms with Gasteiger partial charge in [-0.1, -0.05) is 12.1 Å². The van der Waals surface area contributed by atoms with Crippen molar-refractivity contribution in [3.8, 4) is 11.3 Å². The Labute approximate surface area is 110 Å². The summed E-state index contributed by atoms with van der Waals surface area (Å²) in [6.07, 6.45) is 0. The molecule has 0 atom stereocenters. The second kappa shape index (κ2) is 4.61. The first-order valence-corrected chi connectivity index (χ1v) is 5.67. The third-order valence-electron chi connectivity index (χ3n) is 2.26. The van der Waals surface area contributed by atoms with Gasteiger partial charge in [0.2, 0.25) is 5.95 Å². The van der Waals surface area contributed by atoms with E-state index in [0.717, 1.165) is 0 Å². The number of carboxylic acids is 1. The minimum absolute atomic E-state index is 0.0288. The Bertz CT molecular complexity index is 681. The van der Waals surface area contributed by atoms with Crippen LogP contribution in [0, 0.1) is 0 Å². The van der Waals surface area contributed by atoms with Crippen LogP contribution < -0.4 is 11.3 Å². The van der Waals surface area contributed by atoms with E-state index in [1.807, 2.05) is 0 Å². The van der Waals surface area contributed by atoms with Gasteiger partial charge >= 0.3 is 5.97 Å². The standard InChI is InChI=1S/C11H8BrN3O3/c12-7-8(14-11(13)15-9(7)16)5-2-1-3-6(4-5)10(17)18/h1-4H,(H,17,18)(H3,13,14,15,16). The Morgan fingerprint density at radius 1 is 1.44 bits per heavy atom. The number of nitrogen functional groups attached to an aromatic ring is 1.